The molecule has 0 fully saturated rings. The molecule has 2 N–H and O–H groups in total. The summed E-state index contributed by atoms with van der Waals surface area (Å²) in [6.07, 6.45) is 45.8. The van der Waals surface area contributed by atoms with Gasteiger partial charge in [-0.05, 0) is 51.4 Å². The molecule has 0 bridgehead atoms. The van der Waals surface area contributed by atoms with Crippen LogP contribution in [0.2, 0.25) is 0 Å². The highest BCUT2D eigenvalue weighted by molar-refractivity contribution is 7.46. The van der Waals surface area contributed by atoms with E-state index in [4.69, 9.17) is 19.3 Å². The predicted molar refractivity (Wildman–Crippen MR) is 207 cm³/mol. The molecular formula is C41H71O8P. The van der Waals surface area contributed by atoms with Crippen LogP contribution >= 0.6 is 7.82 Å². The van der Waals surface area contributed by atoms with Crippen LogP contribution in [0.3, 0.4) is 0 Å². The Bertz CT molecular complexity index is 995. The molecule has 0 aromatic carbocycles. The Morgan fingerprint density at radius 2 is 1.04 bits per heavy atom. The number of phosphoric ester groups is 1. The quantitative estimate of drug-likeness (QED) is 0.0166. The van der Waals surface area contributed by atoms with Crippen molar-refractivity contribution in [2.75, 3.05) is 13.2 Å². The lowest BCUT2D eigenvalue weighted by atomic mass is 10.1. The molecule has 288 valence electrons. The van der Waals surface area contributed by atoms with Gasteiger partial charge in [0.15, 0.2) is 6.10 Å². The summed E-state index contributed by atoms with van der Waals surface area (Å²) in [5.74, 6) is -1.20. The van der Waals surface area contributed by atoms with Gasteiger partial charge in [0.05, 0.1) is 6.61 Å². The number of unbranched alkanes of at least 4 members (excludes halogenated alkanes) is 18. The SMILES string of the molecule is CCCCCCCC/C=C/C/C=C/C/C=C/CCCC(=O)O[C@H](COC(=O)/C=C/C=C/CCCCCCCCCCCCC)COP(=O)(O)O. The van der Waals surface area contributed by atoms with Crippen LogP contribution in [0.4, 0.5) is 0 Å². The van der Waals surface area contributed by atoms with Crippen molar-refractivity contribution in [2.45, 2.75) is 174 Å². The molecule has 8 nitrogen and oxygen atoms in total. The molecule has 0 aromatic rings. The molecule has 0 saturated heterocycles. The highest BCUT2D eigenvalue weighted by Crippen LogP contribution is 2.35. The van der Waals surface area contributed by atoms with E-state index < -0.39 is 32.5 Å². The van der Waals surface area contributed by atoms with Gasteiger partial charge in [0.2, 0.25) is 0 Å². The van der Waals surface area contributed by atoms with E-state index in [1.54, 1.807) is 12.2 Å². The molecular weight excluding hydrogens is 651 g/mol. The van der Waals surface area contributed by atoms with Gasteiger partial charge in [0, 0.05) is 12.5 Å². The van der Waals surface area contributed by atoms with Gasteiger partial charge >= 0.3 is 19.8 Å². The van der Waals surface area contributed by atoms with Gasteiger partial charge in [-0.2, -0.15) is 0 Å². The van der Waals surface area contributed by atoms with Crippen molar-refractivity contribution in [3.8, 4) is 0 Å². The van der Waals surface area contributed by atoms with Crippen molar-refractivity contribution >= 4 is 19.8 Å². The van der Waals surface area contributed by atoms with Crippen LogP contribution in [0.15, 0.2) is 60.8 Å². The van der Waals surface area contributed by atoms with Crippen LogP contribution in [0.1, 0.15) is 168 Å². The largest absolute Gasteiger partial charge is 0.469 e. The van der Waals surface area contributed by atoms with Gasteiger partial charge in [-0.25, -0.2) is 9.36 Å². The fourth-order valence-corrected chi connectivity index (χ4v) is 5.54. The van der Waals surface area contributed by atoms with E-state index in [-0.39, 0.29) is 13.0 Å². The van der Waals surface area contributed by atoms with Crippen molar-refractivity contribution in [1.82, 2.24) is 0 Å². The summed E-state index contributed by atoms with van der Waals surface area (Å²) in [6.45, 7) is 3.52. The van der Waals surface area contributed by atoms with Crippen LogP contribution in [0.5, 0.6) is 0 Å². The number of carbonyl (C=O) groups excluding carboxylic acids is 2. The second kappa shape index (κ2) is 36.5. The first-order valence-electron chi connectivity index (χ1n) is 19.6. The number of hydrogen-bond donors (Lipinski definition) is 2. The topological polar surface area (TPSA) is 119 Å². The summed E-state index contributed by atoms with van der Waals surface area (Å²) in [4.78, 5) is 42.6. The van der Waals surface area contributed by atoms with E-state index in [1.807, 2.05) is 12.2 Å². The Hall–Kier alpha value is -2.25. The minimum absolute atomic E-state index is 0.119. The molecule has 0 spiro atoms. The van der Waals surface area contributed by atoms with Gasteiger partial charge in [0.25, 0.3) is 0 Å². The first-order valence-corrected chi connectivity index (χ1v) is 21.2. The molecule has 50 heavy (non-hydrogen) atoms. The third kappa shape index (κ3) is 38.6. The van der Waals surface area contributed by atoms with E-state index in [2.05, 4.69) is 48.8 Å². The standard InChI is InChI=1S/C41H71O8P/c1-3-5-7-9-11-13-15-17-19-20-22-24-26-28-30-32-34-36-41(43)49-39(38-48-50(44,45)46)37-47-40(42)35-33-31-29-27-25-23-21-18-16-14-12-10-8-6-4-2/h17,19,22,24,28-31,33,35,39H,3-16,18,20-21,23,25-27,32,34,36-38H2,1-2H3,(H2,44,45,46)/b19-17+,24-22+,30-28+,31-29+,35-33+/t39-/m1/s1. The third-order valence-electron chi connectivity index (χ3n) is 8.11. The summed E-state index contributed by atoms with van der Waals surface area (Å²) in [7, 11) is -4.79. The summed E-state index contributed by atoms with van der Waals surface area (Å²) < 4.78 is 26.1. The molecule has 0 rings (SSSR count). The van der Waals surface area contributed by atoms with Crippen LogP contribution < -0.4 is 0 Å². The first kappa shape index (κ1) is 47.8. The smallest absolute Gasteiger partial charge is 0.458 e. The number of ether oxygens (including phenoxy) is 2. The van der Waals surface area contributed by atoms with Crippen LogP contribution in [-0.4, -0.2) is 41.0 Å². The van der Waals surface area contributed by atoms with Gasteiger partial charge in [-0.1, -0.05) is 165 Å². The molecule has 0 radical (unpaired) electrons. The number of rotatable bonds is 35. The molecule has 1 atom stereocenters. The van der Waals surface area contributed by atoms with Gasteiger partial charge < -0.3 is 19.3 Å². The molecule has 0 aliphatic heterocycles. The number of carbonyl (C=O) groups is 2. The van der Waals surface area contributed by atoms with E-state index >= 15 is 0 Å². The van der Waals surface area contributed by atoms with Gasteiger partial charge in [-0.15, -0.1) is 0 Å². The lowest BCUT2D eigenvalue weighted by molar-refractivity contribution is -0.159. The molecule has 9 heteroatoms. The first-order chi connectivity index (χ1) is 24.3. The Labute approximate surface area is 305 Å². The number of esters is 2. The fourth-order valence-electron chi connectivity index (χ4n) is 5.18. The molecule has 0 saturated carbocycles. The fraction of sp³-hybridized carbons (Fsp3) is 0.707. The lowest BCUT2D eigenvalue weighted by Gasteiger charge is -2.18. The monoisotopic (exact) mass is 722 g/mol. The Kier molecular flexibility index (Phi) is 34.9. The van der Waals surface area contributed by atoms with E-state index in [1.165, 1.54) is 109 Å². The molecule has 0 aromatic heterocycles. The zero-order valence-corrected chi connectivity index (χ0v) is 32.4. The molecule has 0 unspecified atom stereocenters. The zero-order chi connectivity index (χ0) is 36.8. The van der Waals surface area contributed by atoms with Crippen molar-refractivity contribution in [3.63, 3.8) is 0 Å². The second-order valence-electron chi connectivity index (χ2n) is 13.0. The minimum atomic E-state index is -4.79. The van der Waals surface area contributed by atoms with E-state index in [0.717, 1.165) is 32.1 Å². The maximum absolute atomic E-state index is 12.3. The minimum Gasteiger partial charge on any atom is -0.458 e. The average Bonchev–Trinajstić information content (AvgIpc) is 3.08. The maximum atomic E-state index is 12.3. The van der Waals surface area contributed by atoms with Crippen LogP contribution in [-0.2, 0) is 28.2 Å². The van der Waals surface area contributed by atoms with Crippen LogP contribution in [0, 0.1) is 0 Å². The van der Waals surface area contributed by atoms with E-state index in [9.17, 15) is 14.2 Å². The zero-order valence-electron chi connectivity index (χ0n) is 31.5. The summed E-state index contributed by atoms with van der Waals surface area (Å²) in [6, 6.07) is 0. The van der Waals surface area contributed by atoms with Crippen molar-refractivity contribution < 1.29 is 37.9 Å². The Morgan fingerprint density at radius 3 is 1.56 bits per heavy atom. The van der Waals surface area contributed by atoms with Crippen molar-refractivity contribution in [3.05, 3.63) is 60.8 Å². The third-order valence-corrected chi connectivity index (χ3v) is 8.60. The normalized spacial score (nSPS) is 13.1. The lowest BCUT2D eigenvalue weighted by Crippen LogP contribution is -2.29. The number of allylic oxidation sites excluding steroid dienone is 9. The van der Waals surface area contributed by atoms with Crippen molar-refractivity contribution in [1.29, 1.82) is 0 Å². The average molecular weight is 723 g/mol. The summed E-state index contributed by atoms with van der Waals surface area (Å²) in [5, 5.41) is 0. The summed E-state index contributed by atoms with van der Waals surface area (Å²) >= 11 is 0. The van der Waals surface area contributed by atoms with Crippen molar-refractivity contribution in [2.24, 2.45) is 0 Å². The van der Waals surface area contributed by atoms with Crippen LogP contribution in [0.25, 0.3) is 0 Å². The second-order valence-corrected chi connectivity index (χ2v) is 14.2. The Balaban J connectivity index is 4.15. The van der Waals surface area contributed by atoms with E-state index in [0.29, 0.717) is 12.8 Å². The van der Waals surface area contributed by atoms with Gasteiger partial charge in [-0.3, -0.25) is 9.32 Å². The molecule has 0 heterocycles. The molecule has 0 amide bonds. The molecule has 0 aliphatic rings. The summed E-state index contributed by atoms with van der Waals surface area (Å²) in [5.41, 5.74) is 0. The highest BCUT2D eigenvalue weighted by Gasteiger charge is 2.22. The Morgan fingerprint density at radius 1 is 0.580 bits per heavy atom. The maximum Gasteiger partial charge on any atom is 0.469 e. The number of hydrogen-bond acceptors (Lipinski definition) is 6. The highest BCUT2D eigenvalue weighted by atomic mass is 31.2. The molecule has 0 aliphatic carbocycles. The predicted octanol–water partition coefficient (Wildman–Crippen LogP) is 11.7. The van der Waals surface area contributed by atoms with Gasteiger partial charge in [0.1, 0.15) is 6.61 Å². The number of phosphoric acid groups is 1.